The first kappa shape index (κ1) is 8.70. The maximum atomic E-state index is 3.22. The number of rotatable bonds is 0. The average Bonchev–Trinajstić information content (AvgIpc) is 2.43. The van der Waals surface area contributed by atoms with Gasteiger partial charge in [-0.25, -0.2) is 0 Å². The summed E-state index contributed by atoms with van der Waals surface area (Å²) in [6, 6.07) is 0. The lowest BCUT2D eigenvalue weighted by Crippen LogP contribution is -2.03. The Morgan fingerprint density at radius 2 is 1.44 bits per heavy atom. The van der Waals surface area contributed by atoms with Crippen LogP contribution in [-0.2, 0) is 0 Å². The van der Waals surface area contributed by atoms with Gasteiger partial charge >= 0.3 is 0 Å². The molecule has 9 heavy (non-hydrogen) atoms. The van der Waals surface area contributed by atoms with E-state index in [1.807, 2.05) is 26.0 Å². The summed E-state index contributed by atoms with van der Waals surface area (Å²) >= 11 is 0. The molecule has 1 nitrogen and oxygen atoms in total. The molecule has 54 valence electrons. The first-order valence-corrected chi connectivity index (χ1v) is 3.70. The summed E-state index contributed by atoms with van der Waals surface area (Å²) in [6.07, 6.45) is 6.78. The highest BCUT2D eigenvalue weighted by Crippen LogP contribution is 1.90. The molecule has 1 aliphatic rings. The molecule has 1 aliphatic heterocycles. The van der Waals surface area contributed by atoms with Crippen LogP contribution in [0, 0.1) is 0 Å². The molecule has 0 unspecified atom stereocenters. The molecule has 0 saturated carbocycles. The van der Waals surface area contributed by atoms with Crippen LogP contribution in [0.2, 0.25) is 0 Å². The van der Waals surface area contributed by atoms with E-state index in [-0.39, 0.29) is 0 Å². The van der Waals surface area contributed by atoms with Crippen LogP contribution in [-0.4, -0.2) is 13.1 Å². The van der Waals surface area contributed by atoms with Gasteiger partial charge < -0.3 is 5.32 Å². The van der Waals surface area contributed by atoms with Crippen LogP contribution in [0.15, 0.2) is 12.2 Å². The molecule has 0 aliphatic carbocycles. The van der Waals surface area contributed by atoms with Gasteiger partial charge in [-0.05, 0) is 39.8 Å². The number of nitrogens with one attached hydrogen (secondary N) is 1. The molecule has 0 amide bonds. The van der Waals surface area contributed by atoms with Crippen molar-refractivity contribution in [1.29, 1.82) is 0 Å². The highest BCUT2D eigenvalue weighted by molar-refractivity contribution is 4.68. The van der Waals surface area contributed by atoms with Gasteiger partial charge in [-0.3, -0.25) is 0 Å². The van der Waals surface area contributed by atoms with Crippen molar-refractivity contribution in [3.05, 3.63) is 12.2 Å². The topological polar surface area (TPSA) is 12.0 Å². The average molecular weight is 127 g/mol. The molecule has 0 aromatic heterocycles. The van der Waals surface area contributed by atoms with E-state index in [1.54, 1.807) is 0 Å². The lowest BCUT2D eigenvalue weighted by molar-refractivity contribution is 0.857. The summed E-state index contributed by atoms with van der Waals surface area (Å²) in [5.74, 6) is 0. The van der Waals surface area contributed by atoms with Gasteiger partial charge in [0.2, 0.25) is 0 Å². The molecule has 1 fully saturated rings. The zero-order valence-electron chi connectivity index (χ0n) is 6.48. The van der Waals surface area contributed by atoms with Crippen LogP contribution >= 0.6 is 0 Å². The predicted molar refractivity (Wildman–Crippen MR) is 42.6 cm³/mol. The first-order chi connectivity index (χ1) is 4.41. The van der Waals surface area contributed by atoms with Gasteiger partial charge in [0, 0.05) is 0 Å². The van der Waals surface area contributed by atoms with Crippen LogP contribution in [0.5, 0.6) is 0 Å². The fourth-order valence-electron chi connectivity index (χ4n) is 0.625. The Hall–Kier alpha value is -0.300. The van der Waals surface area contributed by atoms with Gasteiger partial charge in [-0.2, -0.15) is 0 Å². The molecule has 0 bridgehead atoms. The Bertz CT molecular complexity index is 51.4. The van der Waals surface area contributed by atoms with Crippen molar-refractivity contribution in [2.24, 2.45) is 0 Å². The molecule has 0 aromatic carbocycles. The summed E-state index contributed by atoms with van der Waals surface area (Å²) in [7, 11) is 0. The highest BCUT2D eigenvalue weighted by atomic mass is 14.9. The van der Waals surface area contributed by atoms with Crippen molar-refractivity contribution < 1.29 is 0 Å². The Morgan fingerprint density at radius 1 is 1.00 bits per heavy atom. The molecule has 1 N–H and O–H groups in total. The third-order valence-electron chi connectivity index (χ3n) is 1.29. The van der Waals surface area contributed by atoms with Crippen molar-refractivity contribution in [3.63, 3.8) is 0 Å². The van der Waals surface area contributed by atoms with Crippen molar-refractivity contribution >= 4 is 0 Å². The predicted octanol–water partition coefficient (Wildman–Crippen LogP) is 1.95. The van der Waals surface area contributed by atoms with Gasteiger partial charge in [0.05, 0.1) is 0 Å². The van der Waals surface area contributed by atoms with E-state index in [0.717, 1.165) is 0 Å². The van der Waals surface area contributed by atoms with Gasteiger partial charge in [0.1, 0.15) is 0 Å². The minimum absolute atomic E-state index is 1.25. The Kier molecular flexibility index (Phi) is 7.44. The number of hydrogen-bond acceptors (Lipinski definition) is 1. The molecule has 1 heterocycles. The van der Waals surface area contributed by atoms with Gasteiger partial charge in [0.15, 0.2) is 0 Å². The molecular weight excluding hydrogens is 110 g/mol. The Morgan fingerprint density at radius 3 is 1.56 bits per heavy atom. The fourth-order valence-corrected chi connectivity index (χ4v) is 0.625. The van der Waals surface area contributed by atoms with Crippen LogP contribution < -0.4 is 5.32 Å². The maximum Gasteiger partial charge on any atom is -0.00484 e. The van der Waals surface area contributed by atoms with Crippen LogP contribution in [0.4, 0.5) is 0 Å². The van der Waals surface area contributed by atoms with Gasteiger partial charge in [0.25, 0.3) is 0 Å². The summed E-state index contributed by atoms with van der Waals surface area (Å²) in [4.78, 5) is 0. The van der Waals surface area contributed by atoms with Crippen molar-refractivity contribution in [1.82, 2.24) is 5.32 Å². The molecule has 0 radical (unpaired) electrons. The third kappa shape index (κ3) is 7.70. The van der Waals surface area contributed by atoms with Crippen LogP contribution in [0.1, 0.15) is 26.7 Å². The SMILES string of the molecule is C1CCNC1.CC=CC. The Balaban J connectivity index is 0.000000148. The second kappa shape index (κ2) is 7.70. The summed E-state index contributed by atoms with van der Waals surface area (Å²) in [6.45, 7) is 6.50. The van der Waals surface area contributed by atoms with E-state index in [2.05, 4.69) is 5.32 Å². The third-order valence-corrected chi connectivity index (χ3v) is 1.29. The molecule has 1 heteroatoms. The van der Waals surface area contributed by atoms with Crippen molar-refractivity contribution in [3.8, 4) is 0 Å². The van der Waals surface area contributed by atoms with Crippen LogP contribution in [0.3, 0.4) is 0 Å². The van der Waals surface area contributed by atoms with E-state index < -0.39 is 0 Å². The van der Waals surface area contributed by atoms with E-state index in [1.165, 1.54) is 25.9 Å². The molecule has 1 saturated heterocycles. The zero-order chi connectivity index (χ0) is 6.95. The maximum absolute atomic E-state index is 3.22. The fraction of sp³-hybridized carbons (Fsp3) is 0.750. The van der Waals surface area contributed by atoms with Gasteiger partial charge in [-0.15, -0.1) is 0 Å². The quantitative estimate of drug-likeness (QED) is 0.490. The summed E-state index contributed by atoms with van der Waals surface area (Å²) in [5.41, 5.74) is 0. The lowest BCUT2D eigenvalue weighted by atomic mass is 10.4. The second-order valence-electron chi connectivity index (χ2n) is 2.12. The van der Waals surface area contributed by atoms with E-state index in [9.17, 15) is 0 Å². The molecular formula is C8H17N. The normalized spacial score (nSPS) is 17.6. The molecule has 1 rings (SSSR count). The van der Waals surface area contributed by atoms with E-state index >= 15 is 0 Å². The summed E-state index contributed by atoms with van der Waals surface area (Å²) in [5, 5.41) is 3.22. The monoisotopic (exact) mass is 127 g/mol. The summed E-state index contributed by atoms with van der Waals surface area (Å²) < 4.78 is 0. The highest BCUT2D eigenvalue weighted by Gasteiger charge is 1.93. The van der Waals surface area contributed by atoms with Crippen molar-refractivity contribution in [2.75, 3.05) is 13.1 Å². The van der Waals surface area contributed by atoms with Gasteiger partial charge in [-0.1, -0.05) is 12.2 Å². The standard InChI is InChI=1S/C4H9N.C4H8/c1-2-4-5-3-1;1-3-4-2/h5H,1-4H2;3-4H,1-2H3. The lowest BCUT2D eigenvalue weighted by Gasteiger charge is -1.76. The molecule has 0 atom stereocenters. The molecule has 0 spiro atoms. The van der Waals surface area contributed by atoms with E-state index in [0.29, 0.717) is 0 Å². The Labute approximate surface area is 58.2 Å². The number of hydrogen-bond donors (Lipinski definition) is 1. The number of allylic oxidation sites excluding steroid dienone is 2. The van der Waals surface area contributed by atoms with Crippen LogP contribution in [0.25, 0.3) is 0 Å². The zero-order valence-corrected chi connectivity index (χ0v) is 6.48. The smallest absolute Gasteiger partial charge is 0.00484 e. The first-order valence-electron chi connectivity index (χ1n) is 3.70. The second-order valence-corrected chi connectivity index (χ2v) is 2.12. The molecule has 0 aromatic rings. The minimum Gasteiger partial charge on any atom is -0.317 e. The largest absolute Gasteiger partial charge is 0.317 e. The van der Waals surface area contributed by atoms with E-state index in [4.69, 9.17) is 0 Å². The van der Waals surface area contributed by atoms with Crippen molar-refractivity contribution in [2.45, 2.75) is 26.7 Å². The minimum atomic E-state index is 1.25.